The highest BCUT2D eigenvalue weighted by Crippen LogP contribution is 2.40. The van der Waals surface area contributed by atoms with E-state index < -0.39 is 0 Å². The summed E-state index contributed by atoms with van der Waals surface area (Å²) in [5.74, 6) is 0.886. The van der Waals surface area contributed by atoms with Crippen molar-refractivity contribution in [2.24, 2.45) is 5.73 Å². The molecule has 15 heavy (non-hydrogen) atoms. The van der Waals surface area contributed by atoms with Gasteiger partial charge in [-0.3, -0.25) is 0 Å². The molecule has 1 fully saturated rings. The van der Waals surface area contributed by atoms with Gasteiger partial charge in [-0.05, 0) is 49.9 Å². The molecule has 0 aromatic heterocycles. The van der Waals surface area contributed by atoms with Crippen LogP contribution in [0.5, 0.6) is 5.75 Å². The Bertz CT molecular complexity index is 362. The molecule has 0 amide bonds. The van der Waals surface area contributed by atoms with Crippen LogP contribution < -0.4 is 10.5 Å². The zero-order valence-corrected chi connectivity index (χ0v) is 9.90. The third-order valence-corrected chi connectivity index (χ3v) is 3.52. The quantitative estimate of drug-likeness (QED) is 0.859. The molecule has 0 spiro atoms. The van der Waals surface area contributed by atoms with E-state index in [4.69, 9.17) is 22.1 Å². The van der Waals surface area contributed by atoms with Gasteiger partial charge in [0.25, 0.3) is 0 Å². The summed E-state index contributed by atoms with van der Waals surface area (Å²) in [5.41, 5.74) is 7.69. The van der Waals surface area contributed by atoms with Gasteiger partial charge in [-0.25, -0.2) is 0 Å². The number of benzene rings is 1. The monoisotopic (exact) mass is 225 g/mol. The van der Waals surface area contributed by atoms with Crippen molar-refractivity contribution in [2.75, 3.05) is 6.54 Å². The Balaban J connectivity index is 2.23. The molecule has 1 aromatic carbocycles. The predicted octanol–water partition coefficient (Wildman–Crippen LogP) is 2.83. The lowest BCUT2D eigenvalue weighted by Crippen LogP contribution is -2.28. The van der Waals surface area contributed by atoms with Crippen LogP contribution in [-0.2, 0) is 0 Å². The Morgan fingerprint density at radius 1 is 1.33 bits per heavy atom. The summed E-state index contributed by atoms with van der Waals surface area (Å²) in [6.45, 7) is 4.57. The lowest BCUT2D eigenvalue weighted by Gasteiger charge is -2.17. The average Bonchev–Trinajstić information content (AvgIpc) is 2.95. The smallest absolute Gasteiger partial charge is 0.121 e. The molecule has 82 valence electrons. The predicted molar refractivity (Wildman–Crippen MR) is 62.6 cm³/mol. The third-order valence-electron chi connectivity index (χ3n) is 2.92. The van der Waals surface area contributed by atoms with Crippen LogP contribution >= 0.6 is 11.6 Å². The molecule has 1 aromatic rings. The molecule has 0 saturated heterocycles. The SMILES string of the molecule is Cc1cc(OC2(CN)CC2)cc(C)c1Cl. The zero-order valence-electron chi connectivity index (χ0n) is 9.14. The maximum Gasteiger partial charge on any atom is 0.121 e. The van der Waals surface area contributed by atoms with Crippen LogP contribution in [0.15, 0.2) is 12.1 Å². The average molecular weight is 226 g/mol. The zero-order chi connectivity index (χ0) is 11.1. The lowest BCUT2D eigenvalue weighted by atomic mass is 10.1. The topological polar surface area (TPSA) is 35.2 Å². The molecule has 0 bridgehead atoms. The number of halogens is 1. The van der Waals surface area contributed by atoms with Gasteiger partial charge in [0.2, 0.25) is 0 Å². The first-order valence-electron chi connectivity index (χ1n) is 5.22. The van der Waals surface area contributed by atoms with Gasteiger partial charge in [-0.1, -0.05) is 11.6 Å². The first-order chi connectivity index (χ1) is 7.06. The minimum absolute atomic E-state index is 0.0906. The summed E-state index contributed by atoms with van der Waals surface area (Å²) < 4.78 is 5.90. The van der Waals surface area contributed by atoms with Crippen LogP contribution in [0.1, 0.15) is 24.0 Å². The van der Waals surface area contributed by atoms with Gasteiger partial charge in [0.1, 0.15) is 11.4 Å². The molecule has 0 heterocycles. The molecule has 1 saturated carbocycles. The Morgan fingerprint density at radius 2 is 1.87 bits per heavy atom. The third kappa shape index (κ3) is 2.11. The van der Waals surface area contributed by atoms with Crippen LogP contribution in [0.2, 0.25) is 5.02 Å². The van der Waals surface area contributed by atoms with Crippen LogP contribution in [-0.4, -0.2) is 12.1 Å². The van der Waals surface area contributed by atoms with Crippen molar-refractivity contribution in [3.63, 3.8) is 0 Å². The summed E-state index contributed by atoms with van der Waals surface area (Å²) in [4.78, 5) is 0. The summed E-state index contributed by atoms with van der Waals surface area (Å²) in [7, 11) is 0. The van der Waals surface area contributed by atoms with Crippen LogP contribution in [0.4, 0.5) is 0 Å². The van der Waals surface area contributed by atoms with Crippen LogP contribution in [0.25, 0.3) is 0 Å². The second-order valence-electron chi connectivity index (χ2n) is 4.36. The van der Waals surface area contributed by atoms with E-state index in [2.05, 4.69) is 0 Å². The number of hydrogen-bond acceptors (Lipinski definition) is 2. The van der Waals surface area contributed by atoms with Gasteiger partial charge in [0, 0.05) is 11.6 Å². The second-order valence-corrected chi connectivity index (χ2v) is 4.74. The fraction of sp³-hybridized carbons (Fsp3) is 0.500. The van der Waals surface area contributed by atoms with Gasteiger partial charge in [-0.15, -0.1) is 0 Å². The molecule has 2 N–H and O–H groups in total. The highest BCUT2D eigenvalue weighted by atomic mass is 35.5. The Labute approximate surface area is 95.4 Å². The van der Waals surface area contributed by atoms with Crippen molar-refractivity contribution in [3.8, 4) is 5.75 Å². The molecule has 0 unspecified atom stereocenters. The molecule has 2 rings (SSSR count). The van der Waals surface area contributed by atoms with Crippen molar-refractivity contribution in [1.29, 1.82) is 0 Å². The maximum atomic E-state index is 6.09. The van der Waals surface area contributed by atoms with Gasteiger partial charge in [0.05, 0.1) is 0 Å². The Hall–Kier alpha value is -0.730. The minimum Gasteiger partial charge on any atom is -0.486 e. The van der Waals surface area contributed by atoms with Crippen molar-refractivity contribution in [1.82, 2.24) is 0 Å². The largest absolute Gasteiger partial charge is 0.486 e. The second kappa shape index (κ2) is 3.69. The molecule has 2 nitrogen and oxygen atoms in total. The van der Waals surface area contributed by atoms with Gasteiger partial charge in [0.15, 0.2) is 0 Å². The molecule has 0 aliphatic heterocycles. The molecule has 1 aliphatic rings. The van der Waals surface area contributed by atoms with Gasteiger partial charge in [-0.2, -0.15) is 0 Å². The van der Waals surface area contributed by atoms with E-state index in [1.54, 1.807) is 0 Å². The van der Waals surface area contributed by atoms with E-state index in [9.17, 15) is 0 Å². The molecule has 0 atom stereocenters. The Morgan fingerprint density at radius 3 is 2.27 bits per heavy atom. The van der Waals surface area contributed by atoms with Crippen molar-refractivity contribution in [3.05, 3.63) is 28.3 Å². The van der Waals surface area contributed by atoms with Crippen molar-refractivity contribution >= 4 is 11.6 Å². The summed E-state index contributed by atoms with van der Waals surface area (Å²) in [6, 6.07) is 3.95. The molecule has 3 heteroatoms. The fourth-order valence-corrected chi connectivity index (χ4v) is 1.81. The van der Waals surface area contributed by atoms with Gasteiger partial charge >= 0.3 is 0 Å². The van der Waals surface area contributed by atoms with Crippen molar-refractivity contribution in [2.45, 2.75) is 32.3 Å². The number of ether oxygens (including phenoxy) is 1. The fourth-order valence-electron chi connectivity index (χ4n) is 1.70. The summed E-state index contributed by atoms with van der Waals surface area (Å²) >= 11 is 6.09. The van der Waals surface area contributed by atoms with E-state index >= 15 is 0 Å². The van der Waals surface area contributed by atoms with Crippen LogP contribution in [0, 0.1) is 13.8 Å². The number of nitrogens with two attached hydrogens (primary N) is 1. The highest BCUT2D eigenvalue weighted by molar-refractivity contribution is 6.32. The minimum atomic E-state index is -0.0906. The molecule has 1 aliphatic carbocycles. The standard InChI is InChI=1S/C12H16ClNO/c1-8-5-10(6-9(2)11(8)13)15-12(7-14)3-4-12/h5-6H,3-4,7,14H2,1-2H3. The Kier molecular flexibility index (Phi) is 2.65. The summed E-state index contributed by atoms with van der Waals surface area (Å²) in [5, 5.41) is 0.819. The van der Waals surface area contributed by atoms with E-state index in [1.807, 2.05) is 26.0 Å². The lowest BCUT2D eigenvalue weighted by molar-refractivity contribution is 0.187. The molecular weight excluding hydrogens is 210 g/mol. The number of hydrogen-bond donors (Lipinski definition) is 1. The normalized spacial score (nSPS) is 17.6. The van der Waals surface area contributed by atoms with E-state index in [0.717, 1.165) is 34.7 Å². The van der Waals surface area contributed by atoms with E-state index in [-0.39, 0.29) is 5.60 Å². The van der Waals surface area contributed by atoms with E-state index in [0.29, 0.717) is 6.54 Å². The van der Waals surface area contributed by atoms with Gasteiger partial charge < -0.3 is 10.5 Å². The van der Waals surface area contributed by atoms with E-state index in [1.165, 1.54) is 0 Å². The summed E-state index contributed by atoms with van der Waals surface area (Å²) in [6.07, 6.45) is 2.12. The van der Waals surface area contributed by atoms with Crippen molar-refractivity contribution < 1.29 is 4.74 Å². The maximum absolute atomic E-state index is 6.09. The van der Waals surface area contributed by atoms with Crippen LogP contribution in [0.3, 0.4) is 0 Å². The molecule has 0 radical (unpaired) electrons. The first-order valence-corrected chi connectivity index (χ1v) is 5.60. The highest BCUT2D eigenvalue weighted by Gasteiger charge is 2.44. The molecular formula is C12H16ClNO. The number of rotatable bonds is 3. The number of aryl methyl sites for hydroxylation is 2. The first kappa shape index (κ1) is 10.8.